The van der Waals surface area contributed by atoms with E-state index in [4.69, 9.17) is 16.3 Å². The van der Waals surface area contributed by atoms with Gasteiger partial charge in [0, 0.05) is 12.4 Å². The Morgan fingerprint density at radius 2 is 2.08 bits per heavy atom. The first-order chi connectivity index (χ1) is 12.0. The molecule has 0 aliphatic carbocycles. The molecule has 0 fully saturated rings. The Bertz CT molecular complexity index is 978. The number of aromatic amines is 1. The van der Waals surface area contributed by atoms with E-state index in [1.807, 2.05) is 0 Å². The zero-order valence-electron chi connectivity index (χ0n) is 13.1. The predicted octanol–water partition coefficient (Wildman–Crippen LogP) is 1.75. The fourth-order valence-corrected chi connectivity index (χ4v) is 2.54. The molecule has 3 rings (SSSR count). The maximum Gasteiger partial charge on any atom is 0.341 e. The second-order valence-electron chi connectivity index (χ2n) is 5.18. The van der Waals surface area contributed by atoms with Crippen molar-refractivity contribution < 1.29 is 14.3 Å². The second-order valence-corrected chi connectivity index (χ2v) is 5.59. The number of methoxy groups -OCH3 is 1. The summed E-state index contributed by atoms with van der Waals surface area (Å²) in [5, 5.41) is 9.17. The van der Waals surface area contributed by atoms with Gasteiger partial charge in [0.1, 0.15) is 17.8 Å². The highest BCUT2D eigenvalue weighted by molar-refractivity contribution is 6.33. The van der Waals surface area contributed by atoms with Crippen LogP contribution >= 0.6 is 11.6 Å². The molecule has 128 valence electrons. The highest BCUT2D eigenvalue weighted by Crippen LogP contribution is 2.22. The lowest BCUT2D eigenvalue weighted by molar-refractivity contribution is -0.116. The number of H-pyrrole nitrogens is 1. The summed E-state index contributed by atoms with van der Waals surface area (Å²) in [4.78, 5) is 36.0. The molecular weight excluding hydrogens is 348 g/mol. The highest BCUT2D eigenvalue weighted by Gasteiger charge is 2.22. The number of carbonyl (C=O) groups is 2. The molecule has 0 unspecified atom stereocenters. The molecule has 2 heterocycles. The van der Waals surface area contributed by atoms with Crippen molar-refractivity contribution in [2.45, 2.75) is 6.54 Å². The van der Waals surface area contributed by atoms with Crippen LogP contribution in [-0.4, -0.2) is 33.8 Å². The maximum atomic E-state index is 12.2. The third-order valence-corrected chi connectivity index (χ3v) is 3.82. The van der Waals surface area contributed by atoms with Crippen LogP contribution in [0.5, 0.6) is 0 Å². The monoisotopic (exact) mass is 360 g/mol. The van der Waals surface area contributed by atoms with E-state index >= 15 is 0 Å². The van der Waals surface area contributed by atoms with Gasteiger partial charge in [-0.25, -0.2) is 9.89 Å². The number of halogens is 1. The Kier molecular flexibility index (Phi) is 4.53. The number of nitrogens with one attached hydrogen (secondary N) is 2. The summed E-state index contributed by atoms with van der Waals surface area (Å²) < 4.78 is 6.11. The van der Waals surface area contributed by atoms with Gasteiger partial charge in [-0.15, -0.1) is 0 Å². The van der Waals surface area contributed by atoms with E-state index in [2.05, 4.69) is 15.5 Å². The Labute approximate surface area is 146 Å². The van der Waals surface area contributed by atoms with Gasteiger partial charge in [-0.3, -0.25) is 9.59 Å². The minimum absolute atomic E-state index is 0.0869. The predicted molar refractivity (Wildman–Crippen MR) is 90.9 cm³/mol. The Morgan fingerprint density at radius 1 is 1.32 bits per heavy atom. The van der Waals surface area contributed by atoms with Crippen molar-refractivity contribution in [1.82, 2.24) is 14.8 Å². The van der Waals surface area contributed by atoms with E-state index in [0.29, 0.717) is 10.7 Å². The molecule has 25 heavy (non-hydrogen) atoms. The SMILES string of the molecule is COC(=O)c1cn(CC(=O)Nc2ccccc2Cl)cc2c(=O)[nH]nc1-2. The highest BCUT2D eigenvalue weighted by atomic mass is 35.5. The molecule has 0 saturated carbocycles. The standard InChI is InChI=1S/C16H13ClN4O4/c1-25-16(24)10-7-21(6-9-14(10)19-20-15(9)23)8-13(22)18-12-5-3-2-4-11(12)17/h2-7H,8H2,1H3,(H,18,22)(H,20,23). The molecule has 2 aliphatic heterocycles. The first-order valence-electron chi connectivity index (χ1n) is 7.20. The van der Waals surface area contributed by atoms with Crippen LogP contribution in [0.1, 0.15) is 10.4 Å². The molecule has 9 heteroatoms. The van der Waals surface area contributed by atoms with Crippen molar-refractivity contribution in [2.75, 3.05) is 12.4 Å². The zero-order valence-corrected chi connectivity index (χ0v) is 13.8. The molecule has 0 atom stereocenters. The summed E-state index contributed by atoms with van der Waals surface area (Å²) in [6, 6.07) is 6.81. The van der Waals surface area contributed by atoms with Crippen LogP contribution in [0.2, 0.25) is 5.02 Å². The van der Waals surface area contributed by atoms with Crippen LogP contribution in [-0.2, 0) is 16.1 Å². The van der Waals surface area contributed by atoms with Gasteiger partial charge < -0.3 is 14.6 Å². The first kappa shape index (κ1) is 16.7. The van der Waals surface area contributed by atoms with E-state index in [9.17, 15) is 14.4 Å². The van der Waals surface area contributed by atoms with Gasteiger partial charge in [-0.2, -0.15) is 5.10 Å². The van der Waals surface area contributed by atoms with Gasteiger partial charge in [0.05, 0.1) is 23.4 Å². The van der Waals surface area contributed by atoms with E-state index in [1.54, 1.807) is 24.3 Å². The molecule has 2 N–H and O–H groups in total. The Balaban J connectivity index is 1.91. The normalized spacial score (nSPS) is 10.6. The maximum absolute atomic E-state index is 12.2. The van der Waals surface area contributed by atoms with Crippen LogP contribution in [0, 0.1) is 0 Å². The molecule has 0 saturated heterocycles. The molecule has 1 aromatic rings. The molecule has 8 nitrogen and oxygen atoms in total. The number of ether oxygens (including phenoxy) is 1. The number of esters is 1. The van der Waals surface area contributed by atoms with Gasteiger partial charge in [0.25, 0.3) is 5.56 Å². The fraction of sp³-hybridized carbons (Fsp3) is 0.125. The topological polar surface area (TPSA) is 106 Å². The molecule has 1 aromatic carbocycles. The lowest BCUT2D eigenvalue weighted by Gasteiger charge is -2.12. The van der Waals surface area contributed by atoms with Crippen LogP contribution in [0.4, 0.5) is 5.69 Å². The largest absolute Gasteiger partial charge is 0.465 e. The number of hydrogen-bond donors (Lipinski definition) is 2. The molecule has 0 spiro atoms. The summed E-state index contributed by atoms with van der Waals surface area (Å²) in [5.74, 6) is -1.03. The number of carbonyl (C=O) groups excluding carboxylic acids is 2. The molecular formula is C16H13ClN4O4. The van der Waals surface area contributed by atoms with Crippen molar-refractivity contribution in [3.63, 3.8) is 0 Å². The summed E-state index contributed by atoms with van der Waals surface area (Å²) in [7, 11) is 1.22. The Hall–Kier alpha value is -3.13. The molecule has 1 amide bonds. The number of amides is 1. The minimum Gasteiger partial charge on any atom is -0.465 e. The van der Waals surface area contributed by atoms with Crippen molar-refractivity contribution in [2.24, 2.45) is 0 Å². The van der Waals surface area contributed by atoms with Crippen molar-refractivity contribution in [1.29, 1.82) is 0 Å². The third-order valence-electron chi connectivity index (χ3n) is 3.49. The minimum atomic E-state index is -0.655. The molecule has 0 aromatic heterocycles. The number of rotatable bonds is 4. The quantitative estimate of drug-likeness (QED) is 0.689. The molecule has 0 radical (unpaired) electrons. The second kappa shape index (κ2) is 6.78. The third kappa shape index (κ3) is 3.38. The van der Waals surface area contributed by atoms with Gasteiger partial charge in [-0.05, 0) is 12.1 Å². The van der Waals surface area contributed by atoms with Crippen molar-refractivity contribution in [3.8, 4) is 11.3 Å². The van der Waals surface area contributed by atoms with E-state index in [-0.39, 0.29) is 29.3 Å². The van der Waals surface area contributed by atoms with Crippen LogP contribution in [0.3, 0.4) is 0 Å². The summed E-state index contributed by atoms with van der Waals surface area (Å²) in [5.41, 5.74) is 0.481. The number of hydrogen-bond acceptors (Lipinski definition) is 5. The van der Waals surface area contributed by atoms with Gasteiger partial charge >= 0.3 is 5.97 Å². The van der Waals surface area contributed by atoms with E-state index < -0.39 is 11.5 Å². The summed E-state index contributed by atoms with van der Waals surface area (Å²) in [6.45, 7) is -0.129. The number of anilines is 1. The zero-order chi connectivity index (χ0) is 18.0. The van der Waals surface area contributed by atoms with Gasteiger partial charge in [0.2, 0.25) is 5.91 Å². The number of nitrogens with zero attached hydrogens (tertiary/aromatic N) is 2. The number of benzene rings is 1. The number of pyridine rings is 1. The average Bonchev–Trinajstić information content (AvgIpc) is 2.97. The number of aromatic nitrogens is 3. The first-order valence-corrected chi connectivity index (χ1v) is 7.58. The van der Waals surface area contributed by atoms with Crippen molar-refractivity contribution in [3.05, 3.63) is 57.6 Å². The van der Waals surface area contributed by atoms with Gasteiger partial charge in [0.15, 0.2) is 0 Å². The molecule has 2 aliphatic rings. The van der Waals surface area contributed by atoms with Crippen LogP contribution < -0.4 is 10.9 Å². The van der Waals surface area contributed by atoms with E-state index in [0.717, 1.165) is 0 Å². The van der Waals surface area contributed by atoms with Crippen LogP contribution in [0.25, 0.3) is 11.3 Å². The smallest absolute Gasteiger partial charge is 0.341 e. The summed E-state index contributed by atoms with van der Waals surface area (Å²) >= 11 is 6.00. The van der Waals surface area contributed by atoms with Gasteiger partial charge in [-0.1, -0.05) is 23.7 Å². The number of para-hydroxylation sites is 1. The lowest BCUT2D eigenvalue weighted by Crippen LogP contribution is -2.21. The number of fused-ring (bicyclic) bond motifs is 1. The van der Waals surface area contributed by atoms with Crippen LogP contribution in [0.15, 0.2) is 41.5 Å². The average molecular weight is 361 g/mol. The molecule has 0 bridgehead atoms. The van der Waals surface area contributed by atoms with Crippen molar-refractivity contribution >= 4 is 29.2 Å². The Morgan fingerprint density at radius 3 is 2.80 bits per heavy atom. The lowest BCUT2D eigenvalue weighted by atomic mass is 10.1. The fourth-order valence-electron chi connectivity index (χ4n) is 2.36. The summed E-state index contributed by atoms with van der Waals surface area (Å²) in [6.07, 6.45) is 2.85. The van der Waals surface area contributed by atoms with E-state index in [1.165, 1.54) is 24.1 Å².